The number of rotatable bonds is 21. The average Bonchev–Trinajstić information content (AvgIpc) is 3.12. The summed E-state index contributed by atoms with van der Waals surface area (Å²) >= 11 is 0. The fourth-order valence-corrected chi connectivity index (χ4v) is 15.8. The zero-order chi connectivity index (χ0) is 40.5. The van der Waals surface area contributed by atoms with Gasteiger partial charge in [-0.05, 0) is 129 Å². The molecule has 2 bridgehead atoms. The second kappa shape index (κ2) is 17.8. The lowest BCUT2D eigenvalue weighted by molar-refractivity contribution is -0.903. The predicted molar refractivity (Wildman–Crippen MR) is 236 cm³/mol. The Morgan fingerprint density at radius 3 is 1.73 bits per heavy atom. The van der Waals surface area contributed by atoms with Gasteiger partial charge in [0.2, 0.25) is 0 Å². The number of fused-ring (bicyclic) bond motifs is 8. The molecule has 4 aliphatic carbocycles. The maximum absolute atomic E-state index is 14.1. The minimum atomic E-state index is 0.000181. The van der Waals surface area contributed by atoms with Crippen molar-refractivity contribution in [3.8, 4) is 0 Å². The second-order valence-corrected chi connectivity index (χ2v) is 23.8. The summed E-state index contributed by atoms with van der Waals surface area (Å²) in [5.74, 6) is 3.03. The fourth-order valence-electron chi connectivity index (χ4n) is 15.8. The van der Waals surface area contributed by atoms with E-state index in [0.29, 0.717) is 40.2 Å². The van der Waals surface area contributed by atoms with Gasteiger partial charge in [-0.1, -0.05) is 139 Å². The summed E-state index contributed by atoms with van der Waals surface area (Å²) in [6, 6.07) is 0. The molecule has 1 spiro atoms. The van der Waals surface area contributed by atoms with E-state index in [-0.39, 0.29) is 23.1 Å². The number of carbonyl (C=O) groups is 1. The molecule has 6 rings (SSSR count). The molecule has 0 aromatic carbocycles. The predicted octanol–water partition coefficient (Wildman–Crippen LogP) is 14.3. The first kappa shape index (κ1) is 44.9. The van der Waals surface area contributed by atoms with Crippen molar-refractivity contribution in [2.24, 2.45) is 50.7 Å². The van der Waals surface area contributed by atoms with E-state index in [1.807, 2.05) is 0 Å². The number of unbranched alkanes of at least 4 members (excludes halogenated alkanes) is 14. The SMILES string of the molecule is CCCCCCCCCC[N+](C)(CCCCCCCCCC)CC(=O)O[C@H]1CC[C@@]2(C)C(CC[C@]3(C)C2CC[C@@H]2C4[C@@H]5O[C@@]4(CCC5(C)C)CC[C@]23C)C1(C)C. The Bertz CT molecular complexity index is 1270. The number of carbonyl (C=O) groups excluding carboxylic acids is 1. The van der Waals surface area contributed by atoms with Gasteiger partial charge < -0.3 is 14.0 Å². The van der Waals surface area contributed by atoms with Crippen LogP contribution in [0.5, 0.6) is 0 Å². The summed E-state index contributed by atoms with van der Waals surface area (Å²) in [5.41, 5.74) is 1.61. The highest BCUT2D eigenvalue weighted by molar-refractivity contribution is 5.71. The first-order valence-corrected chi connectivity index (χ1v) is 25.2. The monoisotopic (exact) mass is 781 g/mol. The van der Waals surface area contributed by atoms with E-state index in [1.165, 1.54) is 161 Å². The van der Waals surface area contributed by atoms with Crippen LogP contribution in [-0.2, 0) is 14.3 Å². The molecule has 0 amide bonds. The first-order chi connectivity index (χ1) is 26.5. The van der Waals surface area contributed by atoms with Gasteiger partial charge in [0.15, 0.2) is 6.54 Å². The van der Waals surface area contributed by atoms with Crippen LogP contribution in [0.1, 0.15) is 229 Å². The van der Waals surface area contributed by atoms with E-state index >= 15 is 0 Å². The number of likely N-dealkylation sites (N-methyl/N-ethyl adjacent to an activating group) is 1. The number of nitrogens with zero attached hydrogens (tertiary/aromatic N) is 1. The molecule has 56 heavy (non-hydrogen) atoms. The molecule has 4 nitrogen and oxygen atoms in total. The standard InChI is InChI=1S/C52H94NO3/c1-11-13-15-17-19-21-23-25-37-53(10,38-26-24-22-20-18-16-14-12-2)39-44(54)55-43-30-31-49(7)41(48(43,5)6)29-32-51(9)42(49)28-27-40-45-46-47(3,4)33-35-52(45,56-46)36-34-50(40,51)8/h40-43,45-46H,11-39H2,1-10H3/q+1/t40-,41?,42?,43+,45?,46+,49+,50-,51-,52+/m1/s1. The number of hydrogen-bond acceptors (Lipinski definition) is 3. The third kappa shape index (κ3) is 8.49. The first-order valence-electron chi connectivity index (χ1n) is 25.2. The minimum Gasteiger partial charge on any atom is -0.458 e. The van der Waals surface area contributed by atoms with Crippen molar-refractivity contribution in [3.05, 3.63) is 0 Å². The lowest BCUT2D eigenvalue weighted by Crippen LogP contribution is -2.77. The largest absolute Gasteiger partial charge is 0.458 e. The molecule has 10 atom stereocenters. The van der Waals surface area contributed by atoms with Crippen LogP contribution in [-0.4, -0.2) is 54.9 Å². The van der Waals surface area contributed by atoms with Crippen molar-refractivity contribution in [2.75, 3.05) is 26.7 Å². The lowest BCUT2D eigenvalue weighted by Gasteiger charge is -2.77. The molecule has 4 heteroatoms. The van der Waals surface area contributed by atoms with Gasteiger partial charge in [0.1, 0.15) is 6.10 Å². The van der Waals surface area contributed by atoms with Crippen LogP contribution in [0.25, 0.3) is 0 Å². The van der Waals surface area contributed by atoms with E-state index in [2.05, 4.69) is 69.4 Å². The third-order valence-electron chi connectivity index (χ3n) is 19.5. The van der Waals surface area contributed by atoms with Crippen molar-refractivity contribution in [2.45, 2.75) is 247 Å². The Morgan fingerprint density at radius 2 is 1.16 bits per heavy atom. The summed E-state index contributed by atoms with van der Waals surface area (Å²) < 4.78 is 14.5. The molecule has 4 saturated carbocycles. The van der Waals surface area contributed by atoms with Gasteiger partial charge in [-0.2, -0.15) is 0 Å². The zero-order valence-electron chi connectivity index (χ0n) is 39.1. The van der Waals surface area contributed by atoms with Crippen LogP contribution in [0.2, 0.25) is 0 Å². The van der Waals surface area contributed by atoms with Crippen LogP contribution in [0.3, 0.4) is 0 Å². The van der Waals surface area contributed by atoms with Crippen LogP contribution >= 0.6 is 0 Å². The van der Waals surface area contributed by atoms with Crippen molar-refractivity contribution < 1.29 is 18.8 Å². The van der Waals surface area contributed by atoms with Gasteiger partial charge in [0.05, 0.1) is 31.8 Å². The molecule has 3 unspecified atom stereocenters. The maximum atomic E-state index is 14.1. The molecule has 6 aliphatic rings. The molecule has 0 N–H and O–H groups in total. The quantitative estimate of drug-likeness (QED) is 0.0661. The van der Waals surface area contributed by atoms with Crippen molar-refractivity contribution in [1.82, 2.24) is 0 Å². The van der Waals surface area contributed by atoms with Crippen molar-refractivity contribution in [1.29, 1.82) is 0 Å². The normalized spacial score (nSPS) is 39.4. The Morgan fingerprint density at radius 1 is 0.607 bits per heavy atom. The number of ether oxygens (including phenoxy) is 2. The molecule has 2 aliphatic heterocycles. The molecular weight excluding hydrogens is 687 g/mol. The van der Waals surface area contributed by atoms with E-state index in [4.69, 9.17) is 9.47 Å². The number of hydrogen-bond donors (Lipinski definition) is 0. The Hall–Kier alpha value is -0.610. The van der Waals surface area contributed by atoms with Gasteiger partial charge >= 0.3 is 5.97 Å². The van der Waals surface area contributed by atoms with Gasteiger partial charge in [-0.25, -0.2) is 4.79 Å². The van der Waals surface area contributed by atoms with Gasteiger partial charge in [-0.3, -0.25) is 0 Å². The smallest absolute Gasteiger partial charge is 0.362 e. The average molecular weight is 781 g/mol. The van der Waals surface area contributed by atoms with Crippen LogP contribution < -0.4 is 0 Å². The Balaban J connectivity index is 1.07. The van der Waals surface area contributed by atoms with Crippen molar-refractivity contribution in [3.63, 3.8) is 0 Å². The summed E-state index contributed by atoms with van der Waals surface area (Å²) in [4.78, 5) is 14.1. The molecule has 2 heterocycles. The van der Waals surface area contributed by atoms with E-state index in [9.17, 15) is 4.79 Å². The number of esters is 1. The maximum Gasteiger partial charge on any atom is 0.362 e. The van der Waals surface area contributed by atoms with Crippen LogP contribution in [0.15, 0.2) is 0 Å². The minimum absolute atomic E-state index is 0.000181. The molecule has 0 aromatic rings. The zero-order valence-corrected chi connectivity index (χ0v) is 39.1. The Kier molecular flexibility index (Phi) is 14.3. The lowest BCUT2D eigenvalue weighted by atomic mass is 9.31. The fraction of sp³-hybridized carbons (Fsp3) is 0.981. The number of quaternary nitrogens is 1. The highest BCUT2D eigenvalue weighted by Gasteiger charge is 2.75. The summed E-state index contributed by atoms with van der Waals surface area (Å²) in [6.07, 6.45) is 34.9. The molecule has 0 radical (unpaired) electrons. The summed E-state index contributed by atoms with van der Waals surface area (Å²) in [6.45, 7) is 25.6. The van der Waals surface area contributed by atoms with E-state index in [1.54, 1.807) is 0 Å². The summed E-state index contributed by atoms with van der Waals surface area (Å²) in [5, 5.41) is 0. The molecule has 2 saturated heterocycles. The second-order valence-electron chi connectivity index (χ2n) is 23.8. The van der Waals surface area contributed by atoms with Gasteiger partial charge in [0.25, 0.3) is 0 Å². The van der Waals surface area contributed by atoms with E-state index < -0.39 is 0 Å². The van der Waals surface area contributed by atoms with Gasteiger partial charge in [0, 0.05) is 11.3 Å². The molecule has 324 valence electrons. The highest BCUT2D eigenvalue weighted by atomic mass is 16.5. The topological polar surface area (TPSA) is 35.5 Å². The van der Waals surface area contributed by atoms with Crippen LogP contribution in [0.4, 0.5) is 0 Å². The highest BCUT2D eigenvalue weighted by Crippen LogP contribution is 2.78. The molecule has 6 fully saturated rings. The Labute approximate surface area is 348 Å². The third-order valence-corrected chi connectivity index (χ3v) is 19.5. The molecular formula is C52H94NO3+. The van der Waals surface area contributed by atoms with E-state index in [0.717, 1.165) is 41.7 Å². The van der Waals surface area contributed by atoms with Crippen molar-refractivity contribution >= 4 is 5.97 Å². The van der Waals surface area contributed by atoms with Gasteiger partial charge in [-0.15, -0.1) is 0 Å². The molecule has 0 aromatic heterocycles. The summed E-state index contributed by atoms with van der Waals surface area (Å²) in [7, 11) is 2.38. The van der Waals surface area contributed by atoms with Crippen LogP contribution in [0, 0.1) is 50.7 Å².